The van der Waals surface area contributed by atoms with Gasteiger partial charge in [0.2, 0.25) is 0 Å². The van der Waals surface area contributed by atoms with Crippen molar-refractivity contribution in [1.82, 2.24) is 24.3 Å². The minimum absolute atomic E-state index is 0.195. The van der Waals surface area contributed by atoms with Crippen molar-refractivity contribution in [3.05, 3.63) is 69.2 Å². The summed E-state index contributed by atoms with van der Waals surface area (Å²) in [7, 11) is 3.52. The zero-order chi connectivity index (χ0) is 26.0. The molecule has 190 valence electrons. The summed E-state index contributed by atoms with van der Waals surface area (Å²) in [5.74, 6) is 0.552. The molecule has 1 aliphatic heterocycles. The Bertz CT molecular complexity index is 1450. The van der Waals surface area contributed by atoms with Crippen molar-refractivity contribution in [3.63, 3.8) is 0 Å². The summed E-state index contributed by atoms with van der Waals surface area (Å²) in [6.45, 7) is 7.56. The molecule has 1 aliphatic rings. The lowest BCUT2D eigenvalue weighted by atomic mass is 10.1. The van der Waals surface area contributed by atoms with Crippen LogP contribution < -0.4 is 10.5 Å². The highest BCUT2D eigenvalue weighted by Crippen LogP contribution is 2.33. The molecule has 1 aromatic carbocycles. The molecule has 0 unspecified atom stereocenters. The summed E-state index contributed by atoms with van der Waals surface area (Å²) in [6, 6.07) is 6.13. The van der Waals surface area contributed by atoms with Crippen LogP contribution >= 0.6 is 11.6 Å². The third-order valence-electron chi connectivity index (χ3n) is 5.95. The molecule has 1 atom stereocenters. The van der Waals surface area contributed by atoms with Crippen LogP contribution in [-0.2, 0) is 18.8 Å². The normalized spacial score (nSPS) is 15.6. The predicted octanol–water partition coefficient (Wildman–Crippen LogP) is 4.82. The van der Waals surface area contributed by atoms with Gasteiger partial charge in [-0.2, -0.15) is 5.10 Å². The van der Waals surface area contributed by atoms with Crippen molar-refractivity contribution >= 4 is 28.3 Å². The van der Waals surface area contributed by atoms with Gasteiger partial charge in [0.25, 0.3) is 5.56 Å². The van der Waals surface area contributed by atoms with E-state index in [0.717, 1.165) is 5.56 Å². The van der Waals surface area contributed by atoms with E-state index in [1.54, 1.807) is 43.0 Å². The number of hydrogen-bond donors (Lipinski definition) is 0. The van der Waals surface area contributed by atoms with E-state index >= 15 is 0 Å². The van der Waals surface area contributed by atoms with Gasteiger partial charge in [0.1, 0.15) is 34.8 Å². The largest absolute Gasteiger partial charge is 0.370 e. The number of rotatable bonds is 3. The van der Waals surface area contributed by atoms with E-state index in [1.807, 2.05) is 18.1 Å². The summed E-state index contributed by atoms with van der Waals surface area (Å²) in [5.41, 5.74) is 1.65. The van der Waals surface area contributed by atoms with Crippen LogP contribution in [0, 0.1) is 12.7 Å². The second kappa shape index (κ2) is 10.8. The Morgan fingerprint density at radius 3 is 2.61 bits per heavy atom. The lowest BCUT2D eigenvalue weighted by molar-refractivity contribution is 0.0395. The average Bonchev–Trinajstić information content (AvgIpc) is 3.29. The lowest BCUT2D eigenvalue weighted by Gasteiger charge is -2.33. The molecule has 36 heavy (non-hydrogen) atoms. The molecule has 3 aromatic heterocycles. The topological polar surface area (TPSA) is 78.1 Å². The summed E-state index contributed by atoms with van der Waals surface area (Å²) in [4.78, 5) is 24.5. The molecule has 5 rings (SSSR count). The van der Waals surface area contributed by atoms with Crippen LogP contribution in [0.4, 0.5) is 10.2 Å². The Balaban J connectivity index is 0.000000967. The first-order chi connectivity index (χ1) is 17.2. The SMILES string of the molecule is CCC.Cc1nc2c(-c3ccc(Cl)cc3F)nc(N3CCO[C@H](c4cnn(C)c4)C3)cc2c(=O)n1C. The predicted molar refractivity (Wildman–Crippen MR) is 140 cm³/mol. The molecule has 4 aromatic rings. The van der Waals surface area contributed by atoms with Crippen LogP contribution in [0.1, 0.15) is 37.8 Å². The molecule has 0 radical (unpaired) electrons. The van der Waals surface area contributed by atoms with Crippen molar-refractivity contribution in [2.45, 2.75) is 33.3 Å². The van der Waals surface area contributed by atoms with Crippen LogP contribution in [0.3, 0.4) is 0 Å². The fourth-order valence-corrected chi connectivity index (χ4v) is 4.22. The Morgan fingerprint density at radius 1 is 1.19 bits per heavy atom. The number of benzene rings is 1. The van der Waals surface area contributed by atoms with Gasteiger partial charge in [0.05, 0.1) is 18.2 Å². The van der Waals surface area contributed by atoms with Crippen LogP contribution in [0.25, 0.3) is 22.2 Å². The van der Waals surface area contributed by atoms with Crippen LogP contribution in [0.2, 0.25) is 5.02 Å². The highest BCUT2D eigenvalue weighted by Gasteiger charge is 2.26. The fourth-order valence-electron chi connectivity index (χ4n) is 4.06. The highest BCUT2D eigenvalue weighted by molar-refractivity contribution is 6.30. The Labute approximate surface area is 214 Å². The quantitative estimate of drug-likeness (QED) is 0.391. The summed E-state index contributed by atoms with van der Waals surface area (Å²) >= 11 is 5.96. The third-order valence-corrected chi connectivity index (χ3v) is 6.18. The molecular formula is C26H30ClFN6O2. The second-order valence-corrected chi connectivity index (χ2v) is 9.27. The van der Waals surface area contributed by atoms with Crippen molar-refractivity contribution in [1.29, 1.82) is 0 Å². The number of anilines is 1. The van der Waals surface area contributed by atoms with Gasteiger partial charge < -0.3 is 9.64 Å². The zero-order valence-electron chi connectivity index (χ0n) is 21.1. The van der Waals surface area contributed by atoms with Gasteiger partial charge in [-0.05, 0) is 31.2 Å². The molecular weight excluding hydrogens is 483 g/mol. The molecule has 8 nitrogen and oxygen atoms in total. The molecule has 0 spiro atoms. The van der Waals surface area contributed by atoms with E-state index in [1.165, 1.54) is 17.1 Å². The van der Waals surface area contributed by atoms with Gasteiger partial charge >= 0.3 is 0 Å². The van der Waals surface area contributed by atoms with E-state index in [0.29, 0.717) is 47.9 Å². The summed E-state index contributed by atoms with van der Waals surface area (Å²) < 4.78 is 24.1. The van der Waals surface area contributed by atoms with E-state index in [2.05, 4.69) is 23.9 Å². The number of morpholine rings is 1. The van der Waals surface area contributed by atoms with Crippen molar-refractivity contribution < 1.29 is 9.13 Å². The van der Waals surface area contributed by atoms with Crippen LogP contribution in [0.15, 0.2) is 41.5 Å². The molecule has 0 amide bonds. The molecule has 0 aliphatic carbocycles. The molecule has 0 N–H and O–H groups in total. The lowest BCUT2D eigenvalue weighted by Crippen LogP contribution is -2.39. The number of ether oxygens (including phenoxy) is 1. The summed E-state index contributed by atoms with van der Waals surface area (Å²) in [6.07, 6.45) is 4.75. The van der Waals surface area contributed by atoms with Gasteiger partial charge in [-0.1, -0.05) is 31.9 Å². The maximum absolute atomic E-state index is 14.9. The second-order valence-electron chi connectivity index (χ2n) is 8.83. The zero-order valence-corrected chi connectivity index (χ0v) is 21.9. The molecule has 1 fully saturated rings. The van der Waals surface area contributed by atoms with Crippen LogP contribution in [0.5, 0.6) is 0 Å². The highest BCUT2D eigenvalue weighted by atomic mass is 35.5. The first kappa shape index (κ1) is 25.8. The number of nitrogens with zero attached hydrogens (tertiary/aromatic N) is 6. The van der Waals surface area contributed by atoms with E-state index in [4.69, 9.17) is 21.3 Å². The number of aryl methyl sites for hydroxylation is 2. The Kier molecular flexibility index (Phi) is 7.70. The van der Waals surface area contributed by atoms with Gasteiger partial charge in [-0.25, -0.2) is 14.4 Å². The number of fused-ring (bicyclic) bond motifs is 1. The smallest absolute Gasteiger partial charge is 0.261 e. The minimum atomic E-state index is -0.524. The summed E-state index contributed by atoms with van der Waals surface area (Å²) in [5, 5.41) is 4.89. The first-order valence-electron chi connectivity index (χ1n) is 11.9. The van der Waals surface area contributed by atoms with E-state index < -0.39 is 5.82 Å². The van der Waals surface area contributed by atoms with Crippen LogP contribution in [-0.4, -0.2) is 44.0 Å². The van der Waals surface area contributed by atoms with Crippen molar-refractivity contribution in [3.8, 4) is 11.3 Å². The molecule has 4 heterocycles. The average molecular weight is 513 g/mol. The Morgan fingerprint density at radius 2 is 1.94 bits per heavy atom. The van der Waals surface area contributed by atoms with Crippen molar-refractivity contribution in [2.75, 3.05) is 24.6 Å². The van der Waals surface area contributed by atoms with Crippen molar-refractivity contribution in [2.24, 2.45) is 14.1 Å². The minimum Gasteiger partial charge on any atom is -0.370 e. The first-order valence-corrected chi connectivity index (χ1v) is 12.3. The van der Waals surface area contributed by atoms with E-state index in [9.17, 15) is 9.18 Å². The van der Waals surface area contributed by atoms with Gasteiger partial charge in [-0.15, -0.1) is 0 Å². The van der Waals surface area contributed by atoms with E-state index in [-0.39, 0.29) is 22.2 Å². The number of hydrogen-bond acceptors (Lipinski definition) is 6. The maximum atomic E-state index is 14.9. The fraction of sp³-hybridized carbons (Fsp3) is 0.385. The maximum Gasteiger partial charge on any atom is 0.261 e. The molecule has 0 bridgehead atoms. The molecule has 0 saturated carbocycles. The monoisotopic (exact) mass is 512 g/mol. The number of pyridine rings is 1. The molecule has 10 heteroatoms. The number of aromatic nitrogens is 5. The number of halogens is 2. The standard InChI is InChI=1S/C23H22ClFN6O2.C3H8/c1-13-27-22-17(23(32)30(13)3)9-20(28-21(22)16-5-4-15(24)8-18(16)25)31-6-7-33-19(12-31)14-10-26-29(2)11-14;1-3-2/h4-5,8-11,19H,6-7,12H2,1-3H3;3H2,1-2H3/t19-;/m0./s1. The third kappa shape index (κ3) is 5.12. The Hall–Kier alpha value is -3.30. The molecule has 1 saturated heterocycles. The van der Waals surface area contributed by atoms with Gasteiger partial charge in [0.15, 0.2) is 0 Å². The van der Waals surface area contributed by atoms with Gasteiger partial charge in [-0.3, -0.25) is 14.0 Å². The van der Waals surface area contributed by atoms with Gasteiger partial charge in [0, 0.05) is 49.5 Å².